The lowest BCUT2D eigenvalue weighted by molar-refractivity contribution is 0.0855. The fourth-order valence-electron chi connectivity index (χ4n) is 3.21. The van der Waals surface area contributed by atoms with Crippen LogP contribution in [0.1, 0.15) is 39.6 Å². The van der Waals surface area contributed by atoms with Crippen molar-refractivity contribution in [2.45, 2.75) is 25.5 Å². The topological polar surface area (TPSA) is 97.6 Å². The van der Waals surface area contributed by atoms with Gasteiger partial charge in [-0.25, -0.2) is 4.98 Å². The zero-order valence-electron chi connectivity index (χ0n) is 15.3. The summed E-state index contributed by atoms with van der Waals surface area (Å²) >= 11 is 0. The van der Waals surface area contributed by atoms with E-state index in [1.165, 1.54) is 0 Å². The summed E-state index contributed by atoms with van der Waals surface area (Å²) in [6.45, 7) is 1.45. The summed E-state index contributed by atoms with van der Waals surface area (Å²) in [6, 6.07) is 10.9. The molecule has 3 aromatic heterocycles. The van der Waals surface area contributed by atoms with Crippen LogP contribution in [0.2, 0.25) is 0 Å². The van der Waals surface area contributed by atoms with Crippen LogP contribution in [-0.4, -0.2) is 45.4 Å². The second kappa shape index (κ2) is 8.18. The Hall–Kier alpha value is -3.26. The third-order valence-electron chi connectivity index (χ3n) is 4.64. The van der Waals surface area contributed by atoms with Crippen molar-refractivity contribution in [2.24, 2.45) is 0 Å². The third kappa shape index (κ3) is 3.86. The Kier molecular flexibility index (Phi) is 5.29. The zero-order chi connectivity index (χ0) is 19.3. The van der Waals surface area contributed by atoms with Crippen molar-refractivity contribution in [1.82, 2.24) is 25.0 Å². The van der Waals surface area contributed by atoms with Gasteiger partial charge in [0, 0.05) is 25.5 Å². The molecule has 0 spiro atoms. The van der Waals surface area contributed by atoms with Crippen molar-refractivity contribution in [3.8, 4) is 0 Å². The van der Waals surface area contributed by atoms with E-state index in [2.05, 4.69) is 20.6 Å². The fraction of sp³-hybridized carbons (Fsp3) is 0.300. The number of fused-ring (bicyclic) bond motifs is 1. The normalized spacial score (nSPS) is 16.2. The Bertz CT molecular complexity index is 980. The minimum Gasteiger partial charge on any atom is -0.376 e. The van der Waals surface area contributed by atoms with Gasteiger partial charge in [0.15, 0.2) is 5.69 Å². The summed E-state index contributed by atoms with van der Waals surface area (Å²) in [6.07, 6.45) is 5.37. The Morgan fingerprint density at radius 3 is 2.82 bits per heavy atom. The van der Waals surface area contributed by atoms with Gasteiger partial charge in [0.25, 0.3) is 11.8 Å². The number of nitrogens with zero attached hydrogens (tertiary/aromatic N) is 3. The van der Waals surface area contributed by atoms with Crippen LogP contribution in [0, 0.1) is 0 Å². The number of rotatable bonds is 6. The minimum atomic E-state index is -0.370. The maximum Gasteiger partial charge on any atom is 0.288 e. The summed E-state index contributed by atoms with van der Waals surface area (Å²) in [5.41, 5.74) is 1.54. The van der Waals surface area contributed by atoms with Gasteiger partial charge >= 0.3 is 0 Å². The monoisotopic (exact) mass is 379 g/mol. The molecule has 8 heteroatoms. The fourth-order valence-corrected chi connectivity index (χ4v) is 3.21. The highest BCUT2D eigenvalue weighted by atomic mass is 16.5. The number of amides is 2. The Labute approximate surface area is 161 Å². The molecule has 1 aliphatic heterocycles. The van der Waals surface area contributed by atoms with Gasteiger partial charge in [-0.3, -0.25) is 19.0 Å². The molecule has 28 heavy (non-hydrogen) atoms. The SMILES string of the molecule is O=C(NCC1CCCO1)c1nc(C(=O)NCc2ccccn2)n2ccccc12. The molecule has 2 N–H and O–H groups in total. The van der Waals surface area contributed by atoms with E-state index < -0.39 is 0 Å². The number of carbonyl (C=O) groups is 2. The molecular weight excluding hydrogens is 358 g/mol. The number of carbonyl (C=O) groups excluding carboxylic acids is 2. The van der Waals surface area contributed by atoms with Crippen LogP contribution in [0.4, 0.5) is 0 Å². The number of imidazole rings is 1. The Morgan fingerprint density at radius 2 is 2.04 bits per heavy atom. The van der Waals surface area contributed by atoms with Gasteiger partial charge in [-0.05, 0) is 37.1 Å². The standard InChI is InChI=1S/C20H21N5O3/c26-19(23-13-15-7-5-11-28-15)17-16-8-2-4-10-25(16)18(24-17)20(27)22-12-14-6-1-3-9-21-14/h1-4,6,8-10,15H,5,7,11-13H2,(H,22,27)(H,23,26). The van der Waals surface area contributed by atoms with E-state index in [4.69, 9.17) is 4.74 Å². The van der Waals surface area contributed by atoms with Gasteiger partial charge in [-0.2, -0.15) is 0 Å². The Morgan fingerprint density at radius 1 is 1.14 bits per heavy atom. The average molecular weight is 379 g/mol. The zero-order valence-corrected chi connectivity index (χ0v) is 15.3. The van der Waals surface area contributed by atoms with E-state index in [-0.39, 0.29) is 36.0 Å². The highest BCUT2D eigenvalue weighted by Crippen LogP contribution is 2.15. The minimum absolute atomic E-state index is 0.0407. The van der Waals surface area contributed by atoms with Crippen molar-refractivity contribution < 1.29 is 14.3 Å². The molecule has 3 aromatic rings. The highest BCUT2D eigenvalue weighted by Gasteiger charge is 2.23. The van der Waals surface area contributed by atoms with Crippen LogP contribution < -0.4 is 10.6 Å². The van der Waals surface area contributed by atoms with Gasteiger partial charge in [0.05, 0.1) is 23.9 Å². The van der Waals surface area contributed by atoms with Gasteiger partial charge in [-0.15, -0.1) is 0 Å². The molecule has 1 aliphatic rings. The molecule has 4 rings (SSSR count). The van der Waals surface area contributed by atoms with E-state index in [9.17, 15) is 9.59 Å². The molecular formula is C20H21N5O3. The first kappa shape index (κ1) is 18.1. The highest BCUT2D eigenvalue weighted by molar-refractivity contribution is 6.02. The van der Waals surface area contributed by atoms with Gasteiger partial charge < -0.3 is 15.4 Å². The molecule has 1 atom stereocenters. The van der Waals surface area contributed by atoms with E-state index >= 15 is 0 Å². The van der Waals surface area contributed by atoms with Crippen molar-refractivity contribution in [3.05, 3.63) is 66.0 Å². The van der Waals surface area contributed by atoms with Crippen LogP contribution in [0.5, 0.6) is 0 Å². The van der Waals surface area contributed by atoms with Crippen LogP contribution in [-0.2, 0) is 11.3 Å². The third-order valence-corrected chi connectivity index (χ3v) is 4.64. The van der Waals surface area contributed by atoms with Crippen LogP contribution >= 0.6 is 0 Å². The van der Waals surface area contributed by atoms with E-state index in [1.807, 2.05) is 24.3 Å². The quantitative estimate of drug-likeness (QED) is 0.678. The molecule has 8 nitrogen and oxygen atoms in total. The van der Waals surface area contributed by atoms with Crippen molar-refractivity contribution in [2.75, 3.05) is 13.2 Å². The van der Waals surface area contributed by atoms with Gasteiger partial charge in [0.1, 0.15) is 0 Å². The summed E-state index contributed by atoms with van der Waals surface area (Å²) in [7, 11) is 0. The number of aromatic nitrogens is 3. The van der Waals surface area contributed by atoms with E-state index in [0.29, 0.717) is 12.1 Å². The Balaban J connectivity index is 1.52. The lowest BCUT2D eigenvalue weighted by Crippen LogP contribution is -2.32. The second-order valence-electron chi connectivity index (χ2n) is 6.59. The second-order valence-corrected chi connectivity index (χ2v) is 6.59. The largest absolute Gasteiger partial charge is 0.376 e. The van der Waals surface area contributed by atoms with Crippen LogP contribution in [0.3, 0.4) is 0 Å². The maximum absolute atomic E-state index is 12.7. The number of hydrogen-bond donors (Lipinski definition) is 2. The molecule has 0 aromatic carbocycles. The predicted molar refractivity (Wildman–Crippen MR) is 102 cm³/mol. The molecule has 0 saturated carbocycles. The summed E-state index contributed by atoms with van der Waals surface area (Å²) in [4.78, 5) is 33.8. The molecule has 0 radical (unpaired) electrons. The first-order valence-electron chi connectivity index (χ1n) is 9.27. The summed E-state index contributed by atoms with van der Waals surface area (Å²) in [5.74, 6) is -0.526. The number of ether oxygens (including phenoxy) is 1. The molecule has 2 amide bonds. The molecule has 4 heterocycles. The predicted octanol–water partition coefficient (Wildman–Crippen LogP) is 1.57. The lowest BCUT2D eigenvalue weighted by Gasteiger charge is -2.09. The molecule has 0 aliphatic carbocycles. The van der Waals surface area contributed by atoms with Crippen LogP contribution in [0.15, 0.2) is 48.8 Å². The molecule has 1 fully saturated rings. The maximum atomic E-state index is 12.7. The van der Waals surface area contributed by atoms with Gasteiger partial charge in [-0.1, -0.05) is 12.1 Å². The first-order chi connectivity index (χ1) is 13.7. The van der Waals surface area contributed by atoms with E-state index in [1.54, 1.807) is 28.9 Å². The van der Waals surface area contributed by atoms with Gasteiger partial charge in [0.2, 0.25) is 5.82 Å². The molecule has 1 saturated heterocycles. The molecule has 1 unspecified atom stereocenters. The smallest absolute Gasteiger partial charge is 0.288 e. The van der Waals surface area contributed by atoms with E-state index in [0.717, 1.165) is 25.1 Å². The number of hydrogen-bond acceptors (Lipinski definition) is 5. The molecule has 0 bridgehead atoms. The van der Waals surface area contributed by atoms with Crippen molar-refractivity contribution in [3.63, 3.8) is 0 Å². The lowest BCUT2D eigenvalue weighted by atomic mass is 10.2. The number of nitrogens with one attached hydrogen (secondary N) is 2. The average Bonchev–Trinajstić information content (AvgIpc) is 3.39. The first-order valence-corrected chi connectivity index (χ1v) is 9.27. The van der Waals surface area contributed by atoms with Crippen molar-refractivity contribution >= 4 is 17.3 Å². The van der Waals surface area contributed by atoms with Crippen LogP contribution in [0.25, 0.3) is 5.52 Å². The number of pyridine rings is 2. The summed E-state index contributed by atoms with van der Waals surface area (Å²) in [5, 5.41) is 5.66. The van der Waals surface area contributed by atoms with Crippen molar-refractivity contribution in [1.29, 1.82) is 0 Å². The molecule has 144 valence electrons. The summed E-state index contributed by atoms with van der Waals surface area (Å²) < 4.78 is 7.15.